The zero-order valence-electron chi connectivity index (χ0n) is 11.6. The molecular weight excluding hydrogens is 250 g/mol. The molecule has 2 rings (SSSR count). The Morgan fingerprint density at radius 1 is 1.05 bits per heavy atom. The topological polar surface area (TPSA) is 38.3 Å². The minimum Gasteiger partial charge on any atom is -0.445 e. The minimum atomic E-state index is -0.385. The highest BCUT2D eigenvalue weighted by Gasteiger charge is 2.12. The third kappa shape index (κ3) is 4.12. The van der Waals surface area contributed by atoms with Crippen LogP contribution in [-0.2, 0) is 11.3 Å². The molecule has 0 fully saturated rings. The molecule has 1 unspecified atom stereocenters. The van der Waals surface area contributed by atoms with Crippen LogP contribution in [0.4, 0.5) is 4.79 Å². The van der Waals surface area contributed by atoms with Crippen molar-refractivity contribution in [1.82, 2.24) is 5.32 Å². The molecular formula is C17H19NO2. The van der Waals surface area contributed by atoms with Crippen molar-refractivity contribution in [3.05, 3.63) is 71.8 Å². The van der Waals surface area contributed by atoms with Crippen molar-refractivity contribution in [2.45, 2.75) is 26.0 Å². The molecule has 0 aliphatic rings. The second-order valence-electron chi connectivity index (χ2n) is 4.58. The molecule has 0 aliphatic carbocycles. The van der Waals surface area contributed by atoms with Crippen molar-refractivity contribution in [1.29, 1.82) is 0 Å². The van der Waals surface area contributed by atoms with Crippen LogP contribution in [0.5, 0.6) is 0 Å². The van der Waals surface area contributed by atoms with Crippen LogP contribution in [0.2, 0.25) is 0 Å². The van der Waals surface area contributed by atoms with Crippen molar-refractivity contribution in [2.75, 3.05) is 0 Å². The number of rotatable bonds is 5. The summed E-state index contributed by atoms with van der Waals surface area (Å²) in [7, 11) is 0. The van der Waals surface area contributed by atoms with Gasteiger partial charge in [-0.1, -0.05) is 67.6 Å². The molecule has 0 radical (unpaired) electrons. The lowest BCUT2D eigenvalue weighted by molar-refractivity contribution is 0.135. The lowest BCUT2D eigenvalue weighted by atomic mass is 10.1. The molecule has 1 N–H and O–H groups in total. The molecule has 1 amide bonds. The van der Waals surface area contributed by atoms with Crippen molar-refractivity contribution < 1.29 is 9.53 Å². The lowest BCUT2D eigenvalue weighted by Gasteiger charge is -2.17. The number of carbonyl (C=O) groups is 1. The number of hydrogen-bond donors (Lipinski definition) is 1. The standard InChI is InChI=1S/C17H19NO2/c1-2-16(15-11-7-4-8-12-15)18-17(19)20-13-14-9-5-3-6-10-14/h3-12,16H,2,13H2,1H3,(H,18,19). The third-order valence-electron chi connectivity index (χ3n) is 3.12. The molecule has 20 heavy (non-hydrogen) atoms. The van der Waals surface area contributed by atoms with Gasteiger partial charge in [-0.05, 0) is 17.5 Å². The van der Waals surface area contributed by atoms with Crippen LogP contribution < -0.4 is 5.32 Å². The average molecular weight is 269 g/mol. The van der Waals surface area contributed by atoms with Gasteiger partial charge in [-0.2, -0.15) is 0 Å². The zero-order chi connectivity index (χ0) is 14.2. The number of ether oxygens (including phenoxy) is 1. The second-order valence-corrected chi connectivity index (χ2v) is 4.58. The van der Waals surface area contributed by atoms with Crippen molar-refractivity contribution in [3.63, 3.8) is 0 Å². The molecule has 3 nitrogen and oxygen atoms in total. The average Bonchev–Trinajstić information content (AvgIpc) is 2.52. The molecule has 0 aliphatic heterocycles. The smallest absolute Gasteiger partial charge is 0.407 e. The van der Waals surface area contributed by atoms with E-state index in [1.165, 1.54) is 0 Å². The molecule has 1 atom stereocenters. The SMILES string of the molecule is CCC(NC(=O)OCc1ccccc1)c1ccccc1. The van der Waals surface area contributed by atoms with Gasteiger partial charge < -0.3 is 10.1 Å². The summed E-state index contributed by atoms with van der Waals surface area (Å²) >= 11 is 0. The number of alkyl carbamates (subject to hydrolysis) is 1. The predicted molar refractivity (Wildman–Crippen MR) is 79.2 cm³/mol. The number of carbonyl (C=O) groups excluding carboxylic acids is 1. The monoisotopic (exact) mass is 269 g/mol. The van der Waals surface area contributed by atoms with Gasteiger partial charge in [-0.3, -0.25) is 0 Å². The highest BCUT2D eigenvalue weighted by atomic mass is 16.5. The minimum absolute atomic E-state index is 0.0144. The van der Waals surface area contributed by atoms with Gasteiger partial charge in [0.25, 0.3) is 0 Å². The van der Waals surface area contributed by atoms with E-state index in [1.807, 2.05) is 67.6 Å². The summed E-state index contributed by atoms with van der Waals surface area (Å²) in [4.78, 5) is 11.8. The van der Waals surface area contributed by atoms with Crippen molar-refractivity contribution in [3.8, 4) is 0 Å². The highest BCUT2D eigenvalue weighted by molar-refractivity contribution is 5.67. The number of hydrogen-bond acceptors (Lipinski definition) is 2. The first-order valence-corrected chi connectivity index (χ1v) is 6.81. The molecule has 104 valence electrons. The number of amides is 1. The van der Waals surface area contributed by atoms with E-state index in [9.17, 15) is 4.79 Å². The van der Waals surface area contributed by atoms with E-state index in [-0.39, 0.29) is 18.7 Å². The second kappa shape index (κ2) is 7.34. The maximum Gasteiger partial charge on any atom is 0.407 e. The zero-order valence-corrected chi connectivity index (χ0v) is 11.6. The van der Waals surface area contributed by atoms with E-state index < -0.39 is 0 Å². The van der Waals surface area contributed by atoms with Gasteiger partial charge in [0.15, 0.2) is 0 Å². The quantitative estimate of drug-likeness (QED) is 0.888. The van der Waals surface area contributed by atoms with Crippen LogP contribution in [0.1, 0.15) is 30.5 Å². The van der Waals surface area contributed by atoms with Crippen LogP contribution in [0, 0.1) is 0 Å². The highest BCUT2D eigenvalue weighted by Crippen LogP contribution is 2.16. The van der Waals surface area contributed by atoms with Crippen LogP contribution >= 0.6 is 0 Å². The fourth-order valence-electron chi connectivity index (χ4n) is 2.01. The Morgan fingerprint density at radius 3 is 2.25 bits per heavy atom. The fraction of sp³-hybridized carbons (Fsp3) is 0.235. The predicted octanol–water partition coefficient (Wildman–Crippen LogP) is 4.06. The van der Waals surface area contributed by atoms with Gasteiger partial charge in [0.05, 0.1) is 6.04 Å². The first-order chi connectivity index (χ1) is 9.79. The lowest BCUT2D eigenvalue weighted by Crippen LogP contribution is -2.28. The van der Waals surface area contributed by atoms with Gasteiger partial charge in [-0.25, -0.2) is 4.79 Å². The van der Waals surface area contributed by atoms with E-state index in [1.54, 1.807) is 0 Å². The van der Waals surface area contributed by atoms with Gasteiger partial charge in [-0.15, -0.1) is 0 Å². The van der Waals surface area contributed by atoms with Crippen LogP contribution in [0.15, 0.2) is 60.7 Å². The maximum absolute atomic E-state index is 11.8. The summed E-state index contributed by atoms with van der Waals surface area (Å²) < 4.78 is 5.23. The molecule has 0 heterocycles. The summed E-state index contributed by atoms with van der Waals surface area (Å²) in [5.41, 5.74) is 2.07. The van der Waals surface area contributed by atoms with Gasteiger partial charge >= 0.3 is 6.09 Å². The van der Waals surface area contributed by atoms with Gasteiger partial charge in [0.1, 0.15) is 6.61 Å². The Bertz CT molecular complexity index is 525. The fourth-order valence-corrected chi connectivity index (χ4v) is 2.01. The Morgan fingerprint density at radius 2 is 1.65 bits per heavy atom. The van der Waals surface area contributed by atoms with E-state index in [2.05, 4.69) is 5.32 Å². The normalized spacial score (nSPS) is 11.7. The summed E-state index contributed by atoms with van der Waals surface area (Å²) in [6, 6.07) is 19.5. The van der Waals surface area contributed by atoms with Gasteiger partial charge in [0, 0.05) is 0 Å². The summed E-state index contributed by atoms with van der Waals surface area (Å²) in [5, 5.41) is 2.89. The summed E-state index contributed by atoms with van der Waals surface area (Å²) in [6.45, 7) is 2.33. The van der Waals surface area contributed by atoms with Crippen molar-refractivity contribution in [2.24, 2.45) is 0 Å². The number of nitrogens with one attached hydrogen (secondary N) is 1. The molecule has 0 saturated carbocycles. The number of benzene rings is 2. The van der Waals surface area contributed by atoms with E-state index >= 15 is 0 Å². The Balaban J connectivity index is 1.87. The van der Waals surface area contributed by atoms with E-state index in [4.69, 9.17) is 4.74 Å². The van der Waals surface area contributed by atoms with Crippen molar-refractivity contribution >= 4 is 6.09 Å². The first-order valence-electron chi connectivity index (χ1n) is 6.81. The third-order valence-corrected chi connectivity index (χ3v) is 3.12. The van der Waals surface area contributed by atoms with E-state index in [0.717, 1.165) is 17.5 Å². The Labute approximate surface area is 119 Å². The molecule has 0 bridgehead atoms. The Kier molecular flexibility index (Phi) is 5.18. The maximum atomic E-state index is 11.8. The van der Waals surface area contributed by atoms with E-state index in [0.29, 0.717) is 0 Å². The van der Waals surface area contributed by atoms with Crippen LogP contribution in [0.25, 0.3) is 0 Å². The summed E-state index contributed by atoms with van der Waals surface area (Å²) in [6.07, 6.45) is 0.439. The Hall–Kier alpha value is -2.29. The molecule has 0 saturated heterocycles. The largest absolute Gasteiger partial charge is 0.445 e. The first kappa shape index (κ1) is 14.1. The van der Waals surface area contributed by atoms with Crippen LogP contribution in [0.3, 0.4) is 0 Å². The molecule has 2 aromatic rings. The van der Waals surface area contributed by atoms with Gasteiger partial charge in [0.2, 0.25) is 0 Å². The molecule has 2 aromatic carbocycles. The molecule has 0 spiro atoms. The molecule has 3 heteroatoms. The summed E-state index contributed by atoms with van der Waals surface area (Å²) in [5.74, 6) is 0. The molecule has 0 aromatic heterocycles. The van der Waals surface area contributed by atoms with Crippen LogP contribution in [-0.4, -0.2) is 6.09 Å².